The second-order valence-corrected chi connectivity index (χ2v) is 13.2. The number of carbonyl (C=O) groups excluding carboxylic acids is 1. The van der Waals surface area contributed by atoms with Crippen molar-refractivity contribution in [2.75, 3.05) is 6.61 Å². The Balaban J connectivity index is 1.45. The maximum absolute atomic E-state index is 13.2. The van der Waals surface area contributed by atoms with Crippen LogP contribution in [0, 0.1) is 46.3 Å². The van der Waals surface area contributed by atoms with Crippen molar-refractivity contribution in [2.24, 2.45) is 46.3 Å². The van der Waals surface area contributed by atoms with E-state index in [-0.39, 0.29) is 41.2 Å². The van der Waals surface area contributed by atoms with Gasteiger partial charge < -0.3 is 9.66 Å². The first-order chi connectivity index (χ1) is 15.8. The summed E-state index contributed by atoms with van der Waals surface area (Å²) in [4.78, 5) is 13.2. The lowest BCUT2D eigenvalue weighted by molar-refractivity contribution is -0.132. The van der Waals surface area contributed by atoms with Crippen molar-refractivity contribution in [3.63, 3.8) is 0 Å². The molecule has 0 radical (unpaired) electrons. The van der Waals surface area contributed by atoms with Crippen molar-refractivity contribution in [1.82, 2.24) is 0 Å². The van der Waals surface area contributed by atoms with Gasteiger partial charge in [0.2, 0.25) is 10.4 Å². The van der Waals surface area contributed by atoms with Crippen LogP contribution in [0.5, 0.6) is 0 Å². The molecular weight excluding hydrogens is 452 g/mol. The van der Waals surface area contributed by atoms with Gasteiger partial charge in [-0.3, -0.25) is 8.98 Å². The van der Waals surface area contributed by atoms with Gasteiger partial charge in [0.15, 0.2) is 5.78 Å². The molecule has 3 saturated carbocycles. The summed E-state index contributed by atoms with van der Waals surface area (Å²) in [6.45, 7) is 8.79. The van der Waals surface area contributed by atoms with Crippen molar-refractivity contribution in [3.05, 3.63) is 23.8 Å². The van der Waals surface area contributed by atoms with E-state index in [2.05, 4.69) is 37.1 Å². The Morgan fingerprint density at radius 1 is 1.12 bits per heavy atom. The van der Waals surface area contributed by atoms with Gasteiger partial charge >= 0.3 is 0 Å². The summed E-state index contributed by atoms with van der Waals surface area (Å²) in [5, 5.41) is 10.2. The molecule has 4 aliphatic rings. The van der Waals surface area contributed by atoms with Gasteiger partial charge in [0.1, 0.15) is 0 Å². The molecule has 3 fully saturated rings. The molecule has 192 valence electrons. The van der Waals surface area contributed by atoms with Crippen molar-refractivity contribution in [1.29, 1.82) is 0 Å². The van der Waals surface area contributed by atoms with E-state index in [1.54, 1.807) is 0 Å². The number of rotatable bonds is 7. The zero-order valence-corrected chi connectivity index (χ0v) is 21.9. The Bertz CT molecular complexity index is 954. The number of allylic oxidation sites excluding steroid dienone is 4. The second kappa shape index (κ2) is 9.45. The highest BCUT2D eigenvalue weighted by Gasteiger charge is 2.59. The number of aliphatic hydroxyl groups excluding tert-OH is 1. The number of aliphatic hydroxyl groups is 1. The summed E-state index contributed by atoms with van der Waals surface area (Å²) in [5.41, 5.74) is 1.56. The van der Waals surface area contributed by atoms with E-state index in [1.165, 1.54) is 12.0 Å². The lowest BCUT2D eigenvalue weighted by atomic mass is 9.47. The summed E-state index contributed by atoms with van der Waals surface area (Å²) in [7, 11) is -4.64. The molecule has 0 spiro atoms. The maximum Gasteiger partial charge on any atom is 0.217 e. The lowest BCUT2D eigenvalue weighted by Crippen LogP contribution is -2.52. The highest BCUT2D eigenvalue weighted by Crippen LogP contribution is 2.66. The number of ketones is 1. The third-order valence-corrected chi connectivity index (χ3v) is 10.5. The van der Waals surface area contributed by atoms with E-state index in [1.807, 2.05) is 13.0 Å². The van der Waals surface area contributed by atoms with E-state index in [0.717, 1.165) is 32.1 Å². The van der Waals surface area contributed by atoms with Crippen LogP contribution >= 0.6 is 0 Å². The fourth-order valence-electron chi connectivity index (χ4n) is 8.17. The molecule has 3 unspecified atom stereocenters. The Kier molecular flexibility index (Phi) is 7.24. The van der Waals surface area contributed by atoms with Crippen molar-refractivity contribution >= 4 is 16.2 Å². The normalized spacial score (nSPS) is 42.0. The first kappa shape index (κ1) is 26.1. The van der Waals surface area contributed by atoms with Crippen LogP contribution in [-0.4, -0.2) is 36.6 Å². The number of hydrogen-bond donors (Lipinski definition) is 1. The summed E-state index contributed by atoms with van der Waals surface area (Å²) in [6, 6.07) is 0. The van der Waals surface area contributed by atoms with Crippen LogP contribution in [0.15, 0.2) is 23.8 Å². The van der Waals surface area contributed by atoms with Gasteiger partial charge in [0.25, 0.3) is 0 Å². The molecule has 9 atom stereocenters. The van der Waals surface area contributed by atoms with Crippen molar-refractivity contribution in [2.45, 2.75) is 85.2 Å². The zero-order chi connectivity index (χ0) is 24.9. The lowest BCUT2D eigenvalue weighted by Gasteiger charge is -2.57. The van der Waals surface area contributed by atoms with Gasteiger partial charge in [-0.25, -0.2) is 8.42 Å². The monoisotopic (exact) mass is 493 g/mol. The van der Waals surface area contributed by atoms with Gasteiger partial charge in [-0.1, -0.05) is 45.4 Å². The molecule has 0 aliphatic heterocycles. The van der Waals surface area contributed by atoms with Crippen LogP contribution < -0.4 is 0 Å². The number of carbonyl (C=O) groups is 1. The molecule has 0 aromatic rings. The quantitative estimate of drug-likeness (QED) is 0.310. The van der Waals surface area contributed by atoms with Crippen LogP contribution in [0.4, 0.5) is 0 Å². The average Bonchev–Trinajstić information content (AvgIpc) is 3.10. The third kappa shape index (κ3) is 4.82. The fourth-order valence-corrected chi connectivity index (χ4v) is 8.57. The smallest absolute Gasteiger partial charge is 0.217 e. The second-order valence-electron chi connectivity index (χ2n) is 12.2. The molecule has 0 aromatic carbocycles. The van der Waals surface area contributed by atoms with Gasteiger partial charge in [-0.15, -0.1) is 0 Å². The van der Waals surface area contributed by atoms with E-state index >= 15 is 0 Å². The number of hydrogen-bond acceptors (Lipinski definition) is 6. The molecule has 1 N–H and O–H groups in total. The molecule has 7 heteroatoms. The Morgan fingerprint density at radius 2 is 1.79 bits per heavy atom. The summed E-state index contributed by atoms with van der Waals surface area (Å²) < 4.78 is 36.4. The highest BCUT2D eigenvalue weighted by molar-refractivity contribution is 7.80. The Hall–Kier alpha value is -1.02. The van der Waals surface area contributed by atoms with Crippen LogP contribution in [0.25, 0.3) is 0 Å². The minimum absolute atomic E-state index is 0.0128. The van der Waals surface area contributed by atoms with E-state index in [9.17, 15) is 22.9 Å². The molecule has 0 amide bonds. The Morgan fingerprint density at radius 3 is 2.50 bits per heavy atom. The molecule has 0 bridgehead atoms. The zero-order valence-electron chi connectivity index (χ0n) is 21.0. The molecule has 34 heavy (non-hydrogen) atoms. The fraction of sp³-hybridized carbons (Fsp3) is 0.815. The summed E-state index contributed by atoms with van der Waals surface area (Å²) in [6.07, 6.45) is 13.6. The topological polar surface area (TPSA) is 104 Å². The van der Waals surface area contributed by atoms with E-state index in [0.29, 0.717) is 36.5 Å². The van der Waals surface area contributed by atoms with Gasteiger partial charge in [0.05, 0.1) is 12.7 Å². The molecule has 4 aliphatic carbocycles. The van der Waals surface area contributed by atoms with Crippen LogP contribution in [0.1, 0.15) is 79.1 Å². The SMILES string of the molecule is CC(C/C=C/[C@@H](C)[C@H]1CCC2C3=CC(=O)[C@H]4C[C@H](O)CC[C@]4(C)C3CC[C@@]21C)COS(=O)(=O)[O-]. The van der Waals surface area contributed by atoms with Crippen LogP contribution in [0.2, 0.25) is 0 Å². The molecule has 0 aromatic heterocycles. The standard InChI is InChI=1S/C27H42O6S/c1-17(16-33-34(30,31)32)6-5-7-18(2)21-8-9-22-20-15-25(29)24-14-19(28)10-12-27(24,4)23(20)11-13-26(21,22)3/h5,7,15,17-19,21-24,28H,6,8-14,16H2,1-4H3,(H,30,31,32)/p-1/b7-5+/t17?,18-,19-,21-,22?,23?,24-,26-,27-/m1/s1. The molecule has 6 nitrogen and oxygen atoms in total. The van der Waals surface area contributed by atoms with Crippen LogP contribution in [0.3, 0.4) is 0 Å². The maximum atomic E-state index is 13.2. The third-order valence-electron chi connectivity index (χ3n) is 10.1. The molecule has 4 rings (SSSR count). The Labute approximate surface area is 205 Å². The van der Waals surface area contributed by atoms with E-state index in [4.69, 9.17) is 0 Å². The minimum Gasteiger partial charge on any atom is -0.726 e. The highest BCUT2D eigenvalue weighted by atomic mass is 32.3. The van der Waals surface area contributed by atoms with Crippen molar-refractivity contribution < 1.29 is 27.1 Å². The molecule has 0 heterocycles. The van der Waals surface area contributed by atoms with Gasteiger partial charge in [-0.2, -0.15) is 0 Å². The van der Waals surface area contributed by atoms with E-state index < -0.39 is 10.4 Å². The first-order valence-electron chi connectivity index (χ1n) is 13.1. The molecule has 0 saturated heterocycles. The first-order valence-corrected chi connectivity index (χ1v) is 14.4. The van der Waals surface area contributed by atoms with Gasteiger partial charge in [0, 0.05) is 5.92 Å². The predicted molar refractivity (Wildman–Crippen MR) is 129 cm³/mol. The van der Waals surface area contributed by atoms with Crippen molar-refractivity contribution in [3.8, 4) is 0 Å². The largest absolute Gasteiger partial charge is 0.726 e. The average molecular weight is 494 g/mol. The molecular formula is C27H41O6S-. The predicted octanol–water partition coefficient (Wildman–Crippen LogP) is 4.80. The minimum atomic E-state index is -4.64. The van der Waals surface area contributed by atoms with Gasteiger partial charge in [-0.05, 0) is 97.9 Å². The summed E-state index contributed by atoms with van der Waals surface area (Å²) in [5.74, 6) is 2.00. The summed E-state index contributed by atoms with van der Waals surface area (Å²) >= 11 is 0. The van der Waals surface area contributed by atoms with Crippen LogP contribution in [-0.2, 0) is 19.4 Å². The number of fused-ring (bicyclic) bond motifs is 5.